The first-order chi connectivity index (χ1) is 15.6. The molecule has 0 N–H and O–H groups in total. The van der Waals surface area contributed by atoms with Gasteiger partial charge < -0.3 is 9.64 Å². The van der Waals surface area contributed by atoms with Crippen molar-refractivity contribution in [2.24, 2.45) is 0 Å². The van der Waals surface area contributed by atoms with Crippen LogP contribution in [0.2, 0.25) is 0 Å². The van der Waals surface area contributed by atoms with Crippen LogP contribution in [0.4, 0.5) is 4.39 Å². The van der Waals surface area contributed by atoms with Crippen LogP contribution in [0.3, 0.4) is 0 Å². The average Bonchev–Trinajstić information content (AvgIpc) is 3.45. The summed E-state index contributed by atoms with van der Waals surface area (Å²) in [6.07, 6.45) is 5.12. The van der Waals surface area contributed by atoms with Crippen molar-refractivity contribution < 1.29 is 13.9 Å². The number of ether oxygens (including phenoxy) is 1. The summed E-state index contributed by atoms with van der Waals surface area (Å²) >= 11 is 0. The molecule has 160 valence electrons. The molecule has 1 unspecified atom stereocenters. The van der Waals surface area contributed by atoms with Gasteiger partial charge in [0.25, 0.3) is 0 Å². The number of aromatic nitrogens is 4. The van der Waals surface area contributed by atoms with Crippen molar-refractivity contribution >= 4 is 16.9 Å². The first-order valence-corrected chi connectivity index (χ1v) is 10.3. The number of benzene rings is 2. The van der Waals surface area contributed by atoms with Crippen molar-refractivity contribution in [1.29, 1.82) is 0 Å². The fraction of sp³-hybridized carbons (Fsp3) is 0.167. The number of hydrogen-bond acceptors (Lipinski definition) is 5. The molecule has 4 aromatic rings. The number of carbonyl (C=O) groups is 1. The molecule has 1 fully saturated rings. The van der Waals surface area contributed by atoms with E-state index in [2.05, 4.69) is 16.5 Å². The summed E-state index contributed by atoms with van der Waals surface area (Å²) in [6, 6.07) is 13.8. The molecular weight excluding hydrogens is 409 g/mol. The van der Waals surface area contributed by atoms with Gasteiger partial charge in [-0.15, -0.1) is 0 Å². The van der Waals surface area contributed by atoms with Crippen molar-refractivity contribution in [2.75, 3.05) is 13.1 Å². The van der Waals surface area contributed by atoms with Crippen molar-refractivity contribution in [3.05, 3.63) is 79.5 Å². The molecule has 0 aliphatic carbocycles. The van der Waals surface area contributed by atoms with Crippen molar-refractivity contribution in [1.82, 2.24) is 24.6 Å². The van der Waals surface area contributed by atoms with E-state index >= 15 is 4.39 Å². The normalized spacial score (nSPS) is 15.8. The zero-order chi connectivity index (χ0) is 22.1. The predicted octanol–water partition coefficient (Wildman–Crippen LogP) is 4.38. The number of hydrogen-bond donors (Lipinski definition) is 0. The Labute approximate surface area is 183 Å². The molecule has 1 aliphatic rings. The molecular formula is C24H20FN5O2. The third-order valence-corrected chi connectivity index (χ3v) is 5.54. The smallest absolute Gasteiger partial charge is 0.246 e. The lowest BCUT2D eigenvalue weighted by molar-refractivity contribution is -0.125. The molecule has 8 heteroatoms. The van der Waals surface area contributed by atoms with E-state index in [0.717, 1.165) is 6.42 Å². The number of likely N-dealkylation sites (tertiary alicyclic amines) is 1. The molecule has 1 saturated heterocycles. The number of rotatable bonds is 5. The fourth-order valence-corrected chi connectivity index (χ4v) is 3.98. The lowest BCUT2D eigenvalue weighted by Gasteiger charge is -2.14. The van der Waals surface area contributed by atoms with Gasteiger partial charge >= 0.3 is 0 Å². The number of carbonyl (C=O) groups excluding carboxylic acids is 1. The minimum absolute atomic E-state index is 0.0613. The van der Waals surface area contributed by atoms with Crippen molar-refractivity contribution in [3.8, 4) is 22.8 Å². The molecule has 1 atom stereocenters. The average molecular weight is 429 g/mol. The maximum Gasteiger partial charge on any atom is 0.246 e. The summed E-state index contributed by atoms with van der Waals surface area (Å²) in [5.74, 6) is 0.456. The van der Waals surface area contributed by atoms with E-state index in [1.807, 2.05) is 18.2 Å². The minimum atomic E-state index is -0.455. The molecule has 3 heterocycles. The first kappa shape index (κ1) is 19.9. The second-order valence-electron chi connectivity index (χ2n) is 7.54. The number of nitrogens with zero attached hydrogens (tertiary/aromatic N) is 5. The van der Waals surface area contributed by atoms with Gasteiger partial charge in [0.2, 0.25) is 5.91 Å². The molecule has 7 nitrogen and oxygen atoms in total. The molecule has 2 aromatic heterocycles. The molecule has 0 saturated carbocycles. The lowest BCUT2D eigenvalue weighted by Crippen LogP contribution is -2.27. The van der Waals surface area contributed by atoms with E-state index in [1.165, 1.54) is 18.5 Å². The number of fused-ring (bicyclic) bond motifs is 1. The van der Waals surface area contributed by atoms with Crippen molar-refractivity contribution in [2.45, 2.75) is 12.5 Å². The van der Waals surface area contributed by atoms with Crippen LogP contribution in [-0.4, -0.2) is 43.6 Å². The molecule has 1 amide bonds. The molecule has 32 heavy (non-hydrogen) atoms. The largest absolute Gasteiger partial charge is 0.457 e. The van der Waals surface area contributed by atoms with E-state index in [4.69, 9.17) is 9.84 Å². The second kappa shape index (κ2) is 8.22. The summed E-state index contributed by atoms with van der Waals surface area (Å²) in [4.78, 5) is 22.2. The molecule has 5 rings (SSSR count). The molecule has 2 aromatic carbocycles. The monoisotopic (exact) mass is 429 g/mol. The Morgan fingerprint density at radius 1 is 1.19 bits per heavy atom. The zero-order valence-electron chi connectivity index (χ0n) is 17.2. The highest BCUT2D eigenvalue weighted by Gasteiger charge is 2.29. The summed E-state index contributed by atoms with van der Waals surface area (Å²) in [5.41, 5.74) is 1.40. The van der Waals surface area contributed by atoms with Crippen LogP contribution in [0.1, 0.15) is 12.5 Å². The highest BCUT2D eigenvalue weighted by Crippen LogP contribution is 2.34. The van der Waals surface area contributed by atoms with Gasteiger partial charge in [-0.2, -0.15) is 5.10 Å². The number of para-hydroxylation sites is 1. The third kappa shape index (κ3) is 3.60. The third-order valence-electron chi connectivity index (χ3n) is 5.54. The highest BCUT2D eigenvalue weighted by atomic mass is 19.1. The Kier molecular flexibility index (Phi) is 5.10. The summed E-state index contributed by atoms with van der Waals surface area (Å²) in [6.45, 7) is 4.66. The molecule has 1 aliphatic heterocycles. The second-order valence-corrected chi connectivity index (χ2v) is 7.54. The van der Waals surface area contributed by atoms with Crippen LogP contribution in [0.5, 0.6) is 11.5 Å². The minimum Gasteiger partial charge on any atom is -0.457 e. The van der Waals surface area contributed by atoms with Crippen molar-refractivity contribution in [3.63, 3.8) is 0 Å². The van der Waals surface area contributed by atoms with Gasteiger partial charge in [0.1, 0.15) is 29.3 Å². The highest BCUT2D eigenvalue weighted by molar-refractivity contribution is 5.91. The lowest BCUT2D eigenvalue weighted by atomic mass is 10.1. The Balaban J connectivity index is 1.50. The summed E-state index contributed by atoms with van der Waals surface area (Å²) in [7, 11) is 0. The number of halogens is 1. The molecule has 0 bridgehead atoms. The van der Waals surface area contributed by atoms with E-state index in [-0.39, 0.29) is 11.9 Å². The van der Waals surface area contributed by atoms with Crippen LogP contribution in [0, 0.1) is 5.82 Å². The quantitative estimate of drug-likeness (QED) is 0.440. The van der Waals surface area contributed by atoms with E-state index in [0.29, 0.717) is 46.9 Å². The SMILES string of the molecule is C=CC(=O)N1CCC(n2nc(-c3ccc(Oc4ccccc4)cc3F)c3cncnc32)C1. The van der Waals surface area contributed by atoms with Crippen LogP contribution < -0.4 is 4.74 Å². The first-order valence-electron chi connectivity index (χ1n) is 10.3. The van der Waals surface area contributed by atoms with E-state index in [1.54, 1.807) is 40.0 Å². The number of amides is 1. The van der Waals surface area contributed by atoms with Gasteiger partial charge in [-0.3, -0.25) is 4.79 Å². The summed E-state index contributed by atoms with van der Waals surface area (Å²) in [5, 5.41) is 5.35. The van der Waals surface area contributed by atoms with Crippen LogP contribution in [-0.2, 0) is 4.79 Å². The molecule has 0 radical (unpaired) electrons. The fourth-order valence-electron chi connectivity index (χ4n) is 3.98. The van der Waals surface area contributed by atoms with E-state index in [9.17, 15) is 4.79 Å². The standard InChI is InChI=1S/C24H20FN5O2/c1-2-22(31)29-11-10-16(14-29)30-24-20(13-26-15-27-24)23(28-30)19-9-8-18(12-21(19)25)32-17-6-4-3-5-7-17/h2-9,12-13,15-16H,1,10-11,14H2. The Morgan fingerprint density at radius 2 is 2.03 bits per heavy atom. The Bertz CT molecular complexity index is 1300. The van der Waals surface area contributed by atoms with Crippen LogP contribution in [0.15, 0.2) is 73.7 Å². The van der Waals surface area contributed by atoms with Gasteiger partial charge in [0.15, 0.2) is 5.65 Å². The zero-order valence-corrected chi connectivity index (χ0v) is 17.2. The van der Waals surface area contributed by atoms with Gasteiger partial charge in [0, 0.05) is 30.9 Å². The maximum absolute atomic E-state index is 15.1. The molecule has 0 spiro atoms. The Morgan fingerprint density at radius 3 is 2.81 bits per heavy atom. The van der Waals surface area contributed by atoms with Crippen LogP contribution in [0.25, 0.3) is 22.3 Å². The maximum atomic E-state index is 15.1. The summed E-state index contributed by atoms with van der Waals surface area (Å²) < 4.78 is 22.6. The Hall–Kier alpha value is -4.07. The predicted molar refractivity (Wildman–Crippen MR) is 118 cm³/mol. The van der Waals surface area contributed by atoms with Gasteiger partial charge in [-0.1, -0.05) is 24.8 Å². The van der Waals surface area contributed by atoms with E-state index < -0.39 is 5.82 Å². The van der Waals surface area contributed by atoms with Gasteiger partial charge in [-0.05, 0) is 36.8 Å². The van der Waals surface area contributed by atoms with Gasteiger partial charge in [-0.25, -0.2) is 19.0 Å². The van der Waals surface area contributed by atoms with Gasteiger partial charge in [0.05, 0.1) is 11.4 Å². The topological polar surface area (TPSA) is 73.1 Å². The van der Waals surface area contributed by atoms with Crippen LogP contribution >= 0.6 is 0 Å².